The van der Waals surface area contributed by atoms with E-state index in [9.17, 15) is 44.5 Å². The third-order valence-electron chi connectivity index (χ3n) is 8.55. The largest absolute Gasteiger partial charge is 0.481 e. The van der Waals surface area contributed by atoms with Crippen molar-refractivity contribution in [1.82, 2.24) is 16.0 Å². The van der Waals surface area contributed by atoms with Gasteiger partial charge < -0.3 is 36.4 Å². The maximum atomic E-state index is 13.6. The highest BCUT2D eigenvalue weighted by Crippen LogP contribution is 2.45. The van der Waals surface area contributed by atoms with E-state index in [1.54, 1.807) is 30.3 Å². The average molecular weight is 655 g/mol. The monoisotopic (exact) mass is 654 g/mol. The number of amides is 3. The summed E-state index contributed by atoms with van der Waals surface area (Å²) >= 11 is 0. The van der Waals surface area contributed by atoms with Crippen LogP contribution in [0.15, 0.2) is 65.8 Å². The number of rotatable bonds is 19. The number of carboxylic acid groups (broad SMARTS) is 1. The molecule has 2 aromatic rings. The van der Waals surface area contributed by atoms with Gasteiger partial charge in [-0.1, -0.05) is 86.6 Å². The molecule has 1 fully saturated rings. The summed E-state index contributed by atoms with van der Waals surface area (Å²) < 4.78 is 0. The average Bonchev–Trinajstić information content (AvgIpc) is 3.77. The van der Waals surface area contributed by atoms with Gasteiger partial charge in [0.15, 0.2) is 6.04 Å². The Bertz CT molecular complexity index is 1340. The van der Waals surface area contributed by atoms with E-state index in [1.807, 2.05) is 44.2 Å². The molecule has 1 aliphatic rings. The van der Waals surface area contributed by atoms with E-state index < -0.39 is 67.2 Å². The Morgan fingerprint density at radius 1 is 0.872 bits per heavy atom. The van der Waals surface area contributed by atoms with Gasteiger partial charge in [-0.25, -0.2) is 0 Å². The zero-order valence-electron chi connectivity index (χ0n) is 26.9. The molecule has 9 atom stereocenters. The van der Waals surface area contributed by atoms with Gasteiger partial charge in [0.05, 0.1) is 25.1 Å². The molecular formula is C34H46N4O9. The summed E-state index contributed by atoms with van der Waals surface area (Å²) in [6.45, 7) is 4.92. The van der Waals surface area contributed by atoms with Gasteiger partial charge in [0.25, 0.3) is 5.91 Å². The van der Waals surface area contributed by atoms with Gasteiger partial charge in [-0.2, -0.15) is 0 Å². The maximum absolute atomic E-state index is 13.6. The SMILES string of the molecule is CC(C)C[C@H](NC(=O)[C@H](Cc1ccccc1)C1C[C@H]1C)C(=O)N[C@@H](CO)[C@@H](O)[C@@H](O)[C@H](N=O)C(=O)N[C@@H](CC(=O)O)c1ccccc1. The summed E-state index contributed by atoms with van der Waals surface area (Å²) in [5.74, 6) is -3.28. The second kappa shape index (κ2) is 17.6. The Morgan fingerprint density at radius 2 is 1.47 bits per heavy atom. The molecule has 1 aliphatic carbocycles. The van der Waals surface area contributed by atoms with E-state index in [0.29, 0.717) is 17.9 Å². The zero-order chi connectivity index (χ0) is 34.7. The molecule has 0 aromatic heterocycles. The molecule has 0 bridgehead atoms. The van der Waals surface area contributed by atoms with Crippen molar-refractivity contribution in [1.29, 1.82) is 0 Å². The molecule has 1 saturated carbocycles. The Labute approximate surface area is 274 Å². The predicted molar refractivity (Wildman–Crippen MR) is 172 cm³/mol. The van der Waals surface area contributed by atoms with Crippen molar-refractivity contribution in [2.75, 3.05) is 6.61 Å². The van der Waals surface area contributed by atoms with E-state index in [2.05, 4.69) is 28.1 Å². The van der Waals surface area contributed by atoms with Crippen LogP contribution in [0.3, 0.4) is 0 Å². The smallest absolute Gasteiger partial charge is 0.305 e. The minimum atomic E-state index is -2.18. The van der Waals surface area contributed by atoms with Crippen molar-refractivity contribution in [2.45, 2.75) is 82.8 Å². The van der Waals surface area contributed by atoms with Crippen LogP contribution in [0.1, 0.15) is 57.2 Å². The summed E-state index contributed by atoms with van der Waals surface area (Å²) in [7, 11) is 0. The molecule has 0 aliphatic heterocycles. The second-order valence-electron chi connectivity index (χ2n) is 12.8. The Balaban J connectivity index is 1.71. The van der Waals surface area contributed by atoms with Gasteiger partial charge in [-0.3, -0.25) is 19.2 Å². The van der Waals surface area contributed by atoms with Crippen LogP contribution in [0.2, 0.25) is 0 Å². The lowest BCUT2D eigenvalue weighted by molar-refractivity contribution is -0.138. The highest BCUT2D eigenvalue weighted by molar-refractivity contribution is 5.89. The van der Waals surface area contributed by atoms with Crippen molar-refractivity contribution in [3.8, 4) is 0 Å². The molecule has 47 heavy (non-hydrogen) atoms. The van der Waals surface area contributed by atoms with E-state index in [1.165, 1.54) is 0 Å². The van der Waals surface area contributed by atoms with Crippen LogP contribution in [0.4, 0.5) is 0 Å². The topological polar surface area (TPSA) is 215 Å². The van der Waals surface area contributed by atoms with Crippen molar-refractivity contribution < 1.29 is 39.6 Å². The molecule has 7 N–H and O–H groups in total. The third kappa shape index (κ3) is 10.9. The summed E-state index contributed by atoms with van der Waals surface area (Å²) in [4.78, 5) is 63.1. The van der Waals surface area contributed by atoms with Crippen LogP contribution in [0.5, 0.6) is 0 Å². The number of hydrogen-bond acceptors (Lipinski definition) is 9. The molecule has 0 spiro atoms. The predicted octanol–water partition coefficient (Wildman–Crippen LogP) is 1.70. The fourth-order valence-electron chi connectivity index (χ4n) is 5.78. The minimum absolute atomic E-state index is 0.0303. The highest BCUT2D eigenvalue weighted by Gasteiger charge is 2.44. The Morgan fingerprint density at radius 3 is 1.98 bits per heavy atom. The number of aliphatic carboxylic acids is 1. The van der Waals surface area contributed by atoms with E-state index >= 15 is 0 Å². The number of carbonyl (C=O) groups is 4. The molecule has 13 heteroatoms. The van der Waals surface area contributed by atoms with Gasteiger partial charge in [0, 0.05) is 5.92 Å². The number of hydrogen-bond donors (Lipinski definition) is 7. The molecule has 2 aromatic carbocycles. The van der Waals surface area contributed by atoms with Gasteiger partial charge in [-0.05, 0) is 48.1 Å². The fourth-order valence-corrected chi connectivity index (χ4v) is 5.78. The molecular weight excluding hydrogens is 608 g/mol. The normalized spacial score (nSPS) is 20.1. The number of benzene rings is 2. The lowest BCUT2D eigenvalue weighted by atomic mass is 9.92. The maximum Gasteiger partial charge on any atom is 0.305 e. The molecule has 0 heterocycles. The first-order chi connectivity index (χ1) is 22.4. The number of aliphatic hydroxyl groups is 3. The standard InChI is InChI=1S/C34H46N4O9/c1-19(2)14-26(36-32(44)24(23-15-20(23)3)16-21-10-6-4-7-11-21)33(45)37-27(18-39)30(42)31(43)29(38-47)34(46)35-25(17-28(40)41)22-12-8-5-9-13-22/h4-13,19-20,23-27,29-31,39,42-43H,14-18H2,1-3H3,(H,35,46)(H,36,44)(H,37,45)(H,40,41)/t20-,23?,24-,25+,26+,27+,29+,30-,31+/m1/s1. The fraction of sp³-hybridized carbons (Fsp3) is 0.529. The summed E-state index contributed by atoms with van der Waals surface area (Å²) in [6.07, 6.45) is -3.13. The Hall–Kier alpha value is -4.20. The van der Waals surface area contributed by atoms with Crippen molar-refractivity contribution in [2.24, 2.45) is 28.8 Å². The van der Waals surface area contributed by atoms with Crippen molar-refractivity contribution in [3.63, 3.8) is 0 Å². The third-order valence-corrected chi connectivity index (χ3v) is 8.55. The van der Waals surface area contributed by atoms with Gasteiger partial charge in [-0.15, -0.1) is 4.91 Å². The van der Waals surface area contributed by atoms with Crippen LogP contribution < -0.4 is 16.0 Å². The quantitative estimate of drug-likeness (QED) is 0.110. The van der Waals surface area contributed by atoms with Crippen molar-refractivity contribution >= 4 is 23.7 Å². The summed E-state index contributed by atoms with van der Waals surface area (Å²) in [5, 5.41) is 51.4. The number of nitroso groups, excluding NO2 is 1. The second-order valence-corrected chi connectivity index (χ2v) is 12.8. The molecule has 256 valence electrons. The molecule has 3 rings (SSSR count). The molecule has 3 amide bonds. The summed E-state index contributed by atoms with van der Waals surface area (Å²) in [6, 6.07) is 11.9. The number of aliphatic hydroxyl groups excluding tert-OH is 3. The first-order valence-corrected chi connectivity index (χ1v) is 15.9. The number of carboxylic acids is 1. The highest BCUT2D eigenvalue weighted by atomic mass is 16.4. The Kier molecular flexibility index (Phi) is 14.0. The van der Waals surface area contributed by atoms with E-state index in [-0.39, 0.29) is 30.1 Å². The number of carbonyl (C=O) groups excluding carboxylic acids is 3. The van der Waals surface area contributed by atoms with Crippen LogP contribution in [-0.2, 0) is 25.6 Å². The minimum Gasteiger partial charge on any atom is -0.481 e. The van der Waals surface area contributed by atoms with Crippen LogP contribution in [-0.4, -0.2) is 81.1 Å². The molecule has 0 radical (unpaired) electrons. The van der Waals surface area contributed by atoms with Gasteiger partial charge >= 0.3 is 5.97 Å². The molecule has 1 unspecified atom stereocenters. The molecule has 13 nitrogen and oxygen atoms in total. The van der Waals surface area contributed by atoms with Gasteiger partial charge in [0.1, 0.15) is 18.2 Å². The van der Waals surface area contributed by atoms with Crippen molar-refractivity contribution in [3.05, 3.63) is 76.7 Å². The zero-order valence-corrected chi connectivity index (χ0v) is 26.9. The van der Waals surface area contributed by atoms with Crippen LogP contribution in [0, 0.1) is 28.6 Å². The van der Waals surface area contributed by atoms with Crippen LogP contribution in [0.25, 0.3) is 0 Å². The first-order valence-electron chi connectivity index (χ1n) is 15.9. The lowest BCUT2D eigenvalue weighted by Gasteiger charge is -2.30. The van der Waals surface area contributed by atoms with Crippen LogP contribution >= 0.6 is 0 Å². The van der Waals surface area contributed by atoms with Gasteiger partial charge in [0.2, 0.25) is 11.8 Å². The van der Waals surface area contributed by atoms with E-state index in [0.717, 1.165) is 12.0 Å². The summed E-state index contributed by atoms with van der Waals surface area (Å²) in [5.41, 5.74) is 1.42. The number of nitrogens with zero attached hydrogens (tertiary/aromatic N) is 1. The molecule has 0 saturated heterocycles. The first kappa shape index (κ1) is 37.3. The number of nitrogens with one attached hydrogen (secondary N) is 3. The lowest BCUT2D eigenvalue weighted by Crippen LogP contribution is -2.59. The van der Waals surface area contributed by atoms with E-state index in [4.69, 9.17) is 0 Å².